The van der Waals surface area contributed by atoms with Crippen molar-refractivity contribution in [1.29, 1.82) is 0 Å². The average molecular weight is 405 g/mol. The number of ether oxygens (including phenoxy) is 1. The lowest BCUT2D eigenvalue weighted by atomic mass is 10.1. The zero-order valence-electron chi connectivity index (χ0n) is 16.1. The molecular weight excluding hydrogens is 376 g/mol. The van der Waals surface area contributed by atoms with Gasteiger partial charge in [-0.2, -0.15) is 0 Å². The molecule has 1 fully saturated rings. The number of nitrogens with one attached hydrogen (secondary N) is 1. The van der Waals surface area contributed by atoms with Gasteiger partial charge in [-0.25, -0.2) is 4.98 Å². The Bertz CT molecular complexity index is 724. The summed E-state index contributed by atoms with van der Waals surface area (Å²) in [6.07, 6.45) is 0.981. The van der Waals surface area contributed by atoms with Gasteiger partial charge in [-0.1, -0.05) is 29.8 Å². The van der Waals surface area contributed by atoms with Gasteiger partial charge in [0.2, 0.25) is 0 Å². The Balaban J connectivity index is 1.46. The van der Waals surface area contributed by atoms with Crippen molar-refractivity contribution in [2.24, 2.45) is 0 Å². The molecule has 3 rings (SSSR count). The van der Waals surface area contributed by atoms with Gasteiger partial charge in [-0.05, 0) is 32.5 Å². The number of rotatable bonds is 7. The highest BCUT2D eigenvalue weighted by molar-refractivity contribution is 7.80. The first-order valence-electron chi connectivity index (χ1n) is 9.55. The van der Waals surface area contributed by atoms with Gasteiger partial charge in [0.1, 0.15) is 0 Å². The first-order valence-corrected chi connectivity index (χ1v) is 10.8. The lowest BCUT2D eigenvalue weighted by molar-refractivity contribution is 0.145. The summed E-state index contributed by atoms with van der Waals surface area (Å²) in [6, 6.07) is 8.55. The minimum absolute atomic E-state index is 0.773. The van der Waals surface area contributed by atoms with E-state index >= 15 is 0 Å². The molecule has 5 nitrogen and oxygen atoms in total. The molecule has 1 aliphatic rings. The number of thiazole rings is 1. The van der Waals surface area contributed by atoms with Gasteiger partial charge >= 0.3 is 0 Å². The smallest absolute Gasteiger partial charge is 0.185 e. The molecule has 1 saturated heterocycles. The molecule has 1 N–H and O–H groups in total. The summed E-state index contributed by atoms with van der Waals surface area (Å²) >= 11 is 7.25. The number of aryl methyl sites for hydroxylation is 1. The van der Waals surface area contributed by atoms with Gasteiger partial charge in [0.05, 0.1) is 5.69 Å². The maximum Gasteiger partial charge on any atom is 0.185 e. The zero-order valence-corrected chi connectivity index (χ0v) is 17.7. The summed E-state index contributed by atoms with van der Waals surface area (Å²) in [6.45, 7) is 10.3. The van der Waals surface area contributed by atoms with E-state index in [1.807, 2.05) is 6.92 Å². The van der Waals surface area contributed by atoms with Crippen molar-refractivity contribution in [2.45, 2.75) is 20.3 Å². The maximum absolute atomic E-state index is 5.53. The molecule has 0 saturated carbocycles. The van der Waals surface area contributed by atoms with E-state index in [1.165, 1.54) is 11.1 Å². The molecule has 146 valence electrons. The Morgan fingerprint density at radius 2 is 1.96 bits per heavy atom. The van der Waals surface area contributed by atoms with Crippen LogP contribution in [0.1, 0.15) is 18.9 Å². The summed E-state index contributed by atoms with van der Waals surface area (Å²) in [4.78, 5) is 9.45. The number of aromatic nitrogens is 1. The Hall–Kier alpha value is -1.70. The molecule has 1 aromatic carbocycles. The standard InChI is InChI=1S/C20H28N4OS2/c1-3-25-14-4-9-21-19(26)23-10-12-24(13-11-23)20-22-18(15-27-20)17-7-5-16(2)6-8-17/h5-8,15H,3-4,9-14H2,1-2H3,(H,21,26). The SMILES string of the molecule is CCOCCCNC(=S)N1CCN(c2nc(-c3ccc(C)cc3)cs2)CC1. The summed E-state index contributed by atoms with van der Waals surface area (Å²) in [5.74, 6) is 0. The topological polar surface area (TPSA) is 40.6 Å². The van der Waals surface area contributed by atoms with Crippen LogP contribution in [0.3, 0.4) is 0 Å². The fourth-order valence-corrected chi connectivity index (χ4v) is 4.17. The predicted molar refractivity (Wildman–Crippen MR) is 118 cm³/mol. The van der Waals surface area contributed by atoms with Crippen molar-refractivity contribution in [2.75, 3.05) is 50.8 Å². The van der Waals surface area contributed by atoms with Crippen LogP contribution in [0.4, 0.5) is 5.13 Å². The van der Waals surface area contributed by atoms with E-state index in [0.29, 0.717) is 0 Å². The summed E-state index contributed by atoms with van der Waals surface area (Å²) in [5, 5.41) is 7.44. The molecule has 0 atom stereocenters. The largest absolute Gasteiger partial charge is 0.382 e. The molecular formula is C20H28N4OS2. The fraction of sp³-hybridized carbons (Fsp3) is 0.500. The molecule has 1 aromatic heterocycles. The van der Waals surface area contributed by atoms with Crippen LogP contribution >= 0.6 is 23.6 Å². The number of benzene rings is 1. The zero-order chi connectivity index (χ0) is 19.1. The monoisotopic (exact) mass is 404 g/mol. The Morgan fingerprint density at radius 3 is 2.67 bits per heavy atom. The quantitative estimate of drug-likeness (QED) is 0.562. The van der Waals surface area contributed by atoms with Crippen LogP contribution < -0.4 is 10.2 Å². The average Bonchev–Trinajstić information content (AvgIpc) is 3.18. The normalized spacial score (nSPS) is 14.4. The Kier molecular flexibility index (Phi) is 7.43. The van der Waals surface area contributed by atoms with Crippen LogP contribution in [0.2, 0.25) is 0 Å². The van der Waals surface area contributed by atoms with Gasteiger partial charge in [0.25, 0.3) is 0 Å². The van der Waals surface area contributed by atoms with Crippen molar-refractivity contribution >= 4 is 33.8 Å². The second-order valence-corrected chi connectivity index (χ2v) is 7.86. The van der Waals surface area contributed by atoms with E-state index in [9.17, 15) is 0 Å². The van der Waals surface area contributed by atoms with E-state index in [0.717, 1.165) is 68.3 Å². The molecule has 0 bridgehead atoms. The highest BCUT2D eigenvalue weighted by Crippen LogP contribution is 2.28. The van der Waals surface area contributed by atoms with Crippen molar-refractivity contribution in [3.63, 3.8) is 0 Å². The third-order valence-electron chi connectivity index (χ3n) is 4.62. The second-order valence-electron chi connectivity index (χ2n) is 6.64. The molecule has 27 heavy (non-hydrogen) atoms. The second kappa shape index (κ2) is 10.0. The molecule has 2 aromatic rings. The Morgan fingerprint density at radius 1 is 1.22 bits per heavy atom. The Labute approximate surface area is 171 Å². The maximum atomic E-state index is 5.53. The van der Waals surface area contributed by atoms with Crippen LogP contribution in [-0.2, 0) is 4.74 Å². The number of thiocarbonyl (C=S) groups is 1. The van der Waals surface area contributed by atoms with Crippen LogP contribution in [0.25, 0.3) is 11.3 Å². The van der Waals surface area contributed by atoms with Gasteiger partial charge in [-0.3, -0.25) is 0 Å². The molecule has 7 heteroatoms. The first kappa shape index (κ1) is 20.0. The molecule has 0 amide bonds. The molecule has 0 radical (unpaired) electrons. The number of nitrogens with zero attached hydrogens (tertiary/aromatic N) is 3. The van der Waals surface area contributed by atoms with E-state index in [2.05, 4.69) is 51.7 Å². The minimum atomic E-state index is 0.773. The predicted octanol–water partition coefficient (Wildman–Crippen LogP) is 3.54. The summed E-state index contributed by atoms with van der Waals surface area (Å²) in [7, 11) is 0. The third kappa shape index (κ3) is 5.64. The lowest BCUT2D eigenvalue weighted by Crippen LogP contribution is -2.51. The number of anilines is 1. The van der Waals surface area contributed by atoms with Crippen LogP contribution in [0.15, 0.2) is 29.6 Å². The minimum Gasteiger partial charge on any atom is -0.382 e. The number of piperazine rings is 1. The van der Waals surface area contributed by atoms with Crippen molar-refractivity contribution in [3.05, 3.63) is 35.2 Å². The fourth-order valence-electron chi connectivity index (χ4n) is 2.99. The number of hydrogen-bond acceptors (Lipinski definition) is 5. The molecule has 2 heterocycles. The van der Waals surface area contributed by atoms with E-state index < -0.39 is 0 Å². The molecule has 0 aliphatic carbocycles. The first-order chi connectivity index (χ1) is 13.2. The van der Waals surface area contributed by atoms with Gasteiger partial charge < -0.3 is 19.9 Å². The summed E-state index contributed by atoms with van der Waals surface area (Å²) in [5.41, 5.74) is 3.51. The van der Waals surface area contributed by atoms with Crippen molar-refractivity contribution < 1.29 is 4.74 Å². The molecule has 0 spiro atoms. The van der Waals surface area contributed by atoms with Gasteiger partial charge in [0, 0.05) is 56.9 Å². The molecule has 1 aliphatic heterocycles. The third-order valence-corrected chi connectivity index (χ3v) is 5.93. The van der Waals surface area contributed by atoms with E-state index in [4.69, 9.17) is 21.9 Å². The van der Waals surface area contributed by atoms with Gasteiger partial charge in [0.15, 0.2) is 10.2 Å². The lowest BCUT2D eigenvalue weighted by Gasteiger charge is -2.36. The van der Waals surface area contributed by atoms with Crippen LogP contribution in [0.5, 0.6) is 0 Å². The highest BCUT2D eigenvalue weighted by Gasteiger charge is 2.21. The van der Waals surface area contributed by atoms with Crippen molar-refractivity contribution in [1.82, 2.24) is 15.2 Å². The highest BCUT2D eigenvalue weighted by atomic mass is 32.1. The molecule has 0 unspecified atom stereocenters. The summed E-state index contributed by atoms with van der Waals surface area (Å²) < 4.78 is 5.35. The van der Waals surface area contributed by atoms with Crippen LogP contribution in [-0.4, -0.2) is 60.9 Å². The van der Waals surface area contributed by atoms with E-state index in [-0.39, 0.29) is 0 Å². The van der Waals surface area contributed by atoms with Gasteiger partial charge in [-0.15, -0.1) is 11.3 Å². The van der Waals surface area contributed by atoms with Crippen molar-refractivity contribution in [3.8, 4) is 11.3 Å². The van der Waals surface area contributed by atoms with E-state index in [1.54, 1.807) is 11.3 Å². The number of hydrogen-bond donors (Lipinski definition) is 1. The van der Waals surface area contributed by atoms with Crippen LogP contribution in [0, 0.1) is 6.92 Å².